The summed E-state index contributed by atoms with van der Waals surface area (Å²) in [6.07, 6.45) is 3.48. The monoisotopic (exact) mass is 269 g/mol. The first kappa shape index (κ1) is 12.3. The standard InChI is InChI=1S/C14H15N5O/c1-19(8-9-6-16-17-7-9)14(20)13-5-10-4-11(15)2-3-12(10)18-13/h2-7,18H,8,15H2,1H3,(H,16,17). The first-order valence-electron chi connectivity index (χ1n) is 6.25. The maximum Gasteiger partial charge on any atom is 0.270 e. The molecule has 2 heterocycles. The number of anilines is 1. The van der Waals surface area contributed by atoms with Crippen molar-refractivity contribution in [3.05, 3.63) is 47.9 Å². The number of hydrogen-bond acceptors (Lipinski definition) is 3. The molecule has 4 N–H and O–H groups in total. The fourth-order valence-electron chi connectivity index (χ4n) is 2.18. The third-order valence-electron chi connectivity index (χ3n) is 3.20. The van der Waals surface area contributed by atoms with E-state index in [0.29, 0.717) is 17.9 Å². The second-order valence-electron chi connectivity index (χ2n) is 4.80. The second kappa shape index (κ2) is 4.73. The molecule has 1 aromatic carbocycles. The number of hydrogen-bond donors (Lipinski definition) is 3. The lowest BCUT2D eigenvalue weighted by molar-refractivity contribution is 0.0780. The molecular formula is C14H15N5O. The van der Waals surface area contributed by atoms with Gasteiger partial charge in [0.2, 0.25) is 0 Å². The summed E-state index contributed by atoms with van der Waals surface area (Å²) in [4.78, 5) is 17.1. The van der Waals surface area contributed by atoms with Crippen molar-refractivity contribution in [3.63, 3.8) is 0 Å². The van der Waals surface area contributed by atoms with Gasteiger partial charge in [-0.3, -0.25) is 9.89 Å². The van der Waals surface area contributed by atoms with E-state index < -0.39 is 0 Å². The fraction of sp³-hybridized carbons (Fsp3) is 0.143. The second-order valence-corrected chi connectivity index (χ2v) is 4.80. The van der Waals surface area contributed by atoms with E-state index in [9.17, 15) is 4.79 Å². The Labute approximate surface area is 115 Å². The average molecular weight is 269 g/mol. The molecular weight excluding hydrogens is 254 g/mol. The van der Waals surface area contributed by atoms with Gasteiger partial charge in [-0.15, -0.1) is 0 Å². The lowest BCUT2D eigenvalue weighted by Crippen LogP contribution is -2.26. The number of nitrogens with two attached hydrogens (primary N) is 1. The SMILES string of the molecule is CN(Cc1cn[nH]c1)C(=O)c1cc2cc(N)ccc2[nH]1. The molecule has 0 fully saturated rings. The van der Waals surface area contributed by atoms with E-state index in [-0.39, 0.29) is 5.91 Å². The highest BCUT2D eigenvalue weighted by atomic mass is 16.2. The normalized spacial score (nSPS) is 10.8. The van der Waals surface area contributed by atoms with Gasteiger partial charge in [0.1, 0.15) is 5.69 Å². The number of fused-ring (bicyclic) bond motifs is 1. The van der Waals surface area contributed by atoms with Crippen molar-refractivity contribution in [2.45, 2.75) is 6.54 Å². The van der Waals surface area contributed by atoms with Crippen LogP contribution < -0.4 is 5.73 Å². The number of nitrogens with zero attached hydrogens (tertiary/aromatic N) is 2. The van der Waals surface area contributed by atoms with Crippen LogP contribution in [0.2, 0.25) is 0 Å². The molecule has 0 aliphatic heterocycles. The summed E-state index contributed by atoms with van der Waals surface area (Å²) >= 11 is 0. The Morgan fingerprint density at radius 2 is 2.25 bits per heavy atom. The zero-order valence-corrected chi connectivity index (χ0v) is 11.1. The molecule has 0 radical (unpaired) electrons. The summed E-state index contributed by atoms with van der Waals surface area (Å²) in [6.45, 7) is 0.507. The molecule has 0 unspecified atom stereocenters. The summed E-state index contributed by atoms with van der Waals surface area (Å²) in [5.41, 5.74) is 8.84. The van der Waals surface area contributed by atoms with E-state index in [1.165, 1.54) is 0 Å². The van der Waals surface area contributed by atoms with Crippen molar-refractivity contribution in [2.24, 2.45) is 0 Å². The molecule has 0 saturated heterocycles. The van der Waals surface area contributed by atoms with Gasteiger partial charge in [0.25, 0.3) is 5.91 Å². The molecule has 0 aliphatic carbocycles. The van der Waals surface area contributed by atoms with Crippen LogP contribution in [0.15, 0.2) is 36.7 Å². The van der Waals surface area contributed by atoms with Gasteiger partial charge in [-0.1, -0.05) is 0 Å². The summed E-state index contributed by atoms with van der Waals surface area (Å²) < 4.78 is 0. The third kappa shape index (κ3) is 2.23. The number of amides is 1. The van der Waals surface area contributed by atoms with Crippen LogP contribution in [-0.4, -0.2) is 33.0 Å². The molecule has 2 aromatic heterocycles. The highest BCUT2D eigenvalue weighted by Gasteiger charge is 2.15. The minimum Gasteiger partial charge on any atom is -0.399 e. The van der Waals surface area contributed by atoms with Gasteiger partial charge in [0.15, 0.2) is 0 Å². The van der Waals surface area contributed by atoms with Crippen molar-refractivity contribution >= 4 is 22.5 Å². The topological polar surface area (TPSA) is 90.8 Å². The first-order valence-corrected chi connectivity index (χ1v) is 6.25. The summed E-state index contributed by atoms with van der Waals surface area (Å²) in [5.74, 6) is -0.0685. The Balaban J connectivity index is 1.84. The van der Waals surface area contributed by atoms with Crippen LogP contribution in [0.25, 0.3) is 10.9 Å². The van der Waals surface area contributed by atoms with Crippen molar-refractivity contribution < 1.29 is 4.79 Å². The fourth-order valence-corrected chi connectivity index (χ4v) is 2.18. The Hall–Kier alpha value is -2.76. The Bertz CT molecular complexity index is 744. The predicted octanol–water partition coefficient (Wildman–Crippen LogP) is 1.75. The molecule has 1 amide bonds. The van der Waals surface area contributed by atoms with E-state index in [0.717, 1.165) is 16.5 Å². The molecule has 102 valence electrons. The molecule has 6 heteroatoms. The summed E-state index contributed by atoms with van der Waals surface area (Å²) in [6, 6.07) is 7.35. The Kier molecular flexibility index (Phi) is 2.90. The number of rotatable bonds is 3. The number of aromatic amines is 2. The summed E-state index contributed by atoms with van der Waals surface area (Å²) in [7, 11) is 1.76. The van der Waals surface area contributed by atoms with Gasteiger partial charge >= 0.3 is 0 Å². The van der Waals surface area contributed by atoms with Gasteiger partial charge in [-0.25, -0.2) is 0 Å². The number of aromatic nitrogens is 3. The molecule has 3 rings (SSSR count). The lowest BCUT2D eigenvalue weighted by Gasteiger charge is -2.14. The number of carbonyl (C=O) groups is 1. The van der Waals surface area contributed by atoms with E-state index in [1.807, 2.05) is 24.3 Å². The van der Waals surface area contributed by atoms with Crippen LogP contribution in [-0.2, 0) is 6.54 Å². The Morgan fingerprint density at radius 1 is 1.40 bits per heavy atom. The van der Waals surface area contributed by atoms with Gasteiger partial charge in [-0.2, -0.15) is 5.10 Å². The quantitative estimate of drug-likeness (QED) is 0.632. The van der Waals surface area contributed by atoms with E-state index in [1.54, 1.807) is 24.3 Å². The van der Waals surface area contributed by atoms with Crippen molar-refractivity contribution in [1.29, 1.82) is 0 Å². The molecule has 0 aliphatic rings. The molecule has 20 heavy (non-hydrogen) atoms. The first-order chi connectivity index (χ1) is 9.63. The predicted molar refractivity (Wildman–Crippen MR) is 77.1 cm³/mol. The maximum atomic E-state index is 12.4. The minimum atomic E-state index is -0.0685. The average Bonchev–Trinajstić information content (AvgIpc) is 3.06. The molecule has 0 spiro atoms. The number of nitrogens with one attached hydrogen (secondary N) is 2. The molecule has 3 aromatic rings. The number of carbonyl (C=O) groups excluding carboxylic acids is 1. The van der Waals surface area contributed by atoms with E-state index in [2.05, 4.69) is 15.2 Å². The molecule has 0 bridgehead atoms. The van der Waals surface area contributed by atoms with Crippen LogP contribution >= 0.6 is 0 Å². The van der Waals surface area contributed by atoms with Crippen LogP contribution in [0.5, 0.6) is 0 Å². The van der Waals surface area contributed by atoms with Gasteiger partial charge < -0.3 is 15.6 Å². The largest absolute Gasteiger partial charge is 0.399 e. The smallest absolute Gasteiger partial charge is 0.270 e. The molecule has 6 nitrogen and oxygen atoms in total. The van der Waals surface area contributed by atoms with Gasteiger partial charge in [-0.05, 0) is 24.3 Å². The van der Waals surface area contributed by atoms with E-state index >= 15 is 0 Å². The molecule has 0 saturated carbocycles. The number of nitrogen functional groups attached to an aromatic ring is 1. The summed E-state index contributed by atoms with van der Waals surface area (Å²) in [5, 5.41) is 7.53. The highest BCUT2D eigenvalue weighted by molar-refractivity contribution is 5.98. The van der Waals surface area contributed by atoms with Crippen molar-refractivity contribution in [3.8, 4) is 0 Å². The maximum absolute atomic E-state index is 12.4. The Morgan fingerprint density at radius 3 is 3.00 bits per heavy atom. The number of H-pyrrole nitrogens is 2. The van der Waals surface area contributed by atoms with Crippen LogP contribution in [0.1, 0.15) is 16.1 Å². The van der Waals surface area contributed by atoms with Gasteiger partial charge in [0.05, 0.1) is 6.20 Å². The molecule has 0 atom stereocenters. The minimum absolute atomic E-state index is 0.0685. The lowest BCUT2D eigenvalue weighted by atomic mass is 10.2. The van der Waals surface area contributed by atoms with Crippen molar-refractivity contribution in [2.75, 3.05) is 12.8 Å². The number of benzene rings is 1. The van der Waals surface area contributed by atoms with Crippen LogP contribution in [0.3, 0.4) is 0 Å². The van der Waals surface area contributed by atoms with E-state index in [4.69, 9.17) is 5.73 Å². The third-order valence-corrected chi connectivity index (χ3v) is 3.20. The van der Waals surface area contributed by atoms with Gasteiger partial charge in [0, 0.05) is 41.9 Å². The van der Waals surface area contributed by atoms with Crippen LogP contribution in [0.4, 0.5) is 5.69 Å². The van der Waals surface area contributed by atoms with Crippen molar-refractivity contribution in [1.82, 2.24) is 20.1 Å². The zero-order chi connectivity index (χ0) is 14.1. The zero-order valence-electron chi connectivity index (χ0n) is 11.1. The highest BCUT2D eigenvalue weighted by Crippen LogP contribution is 2.19. The van der Waals surface area contributed by atoms with Crippen LogP contribution in [0, 0.1) is 0 Å².